The number of nitrogens with zero attached hydrogens (tertiary/aromatic N) is 4. The van der Waals surface area contributed by atoms with Crippen molar-refractivity contribution < 1.29 is 4.79 Å². The number of rotatable bonds is 6. The van der Waals surface area contributed by atoms with Crippen LogP contribution in [0.5, 0.6) is 0 Å². The van der Waals surface area contributed by atoms with Crippen LogP contribution in [0.4, 0.5) is 0 Å². The van der Waals surface area contributed by atoms with E-state index in [4.69, 9.17) is 0 Å². The molecule has 0 radical (unpaired) electrons. The molecule has 4 aromatic rings. The van der Waals surface area contributed by atoms with E-state index < -0.39 is 0 Å². The van der Waals surface area contributed by atoms with Gasteiger partial charge in [0.15, 0.2) is 5.65 Å². The molecule has 0 bridgehead atoms. The highest BCUT2D eigenvalue weighted by molar-refractivity contribution is 6.16. The number of allylic oxidation sites excluding steroid dienone is 2. The first-order chi connectivity index (χ1) is 16.6. The summed E-state index contributed by atoms with van der Waals surface area (Å²) < 4.78 is 1.81. The van der Waals surface area contributed by atoms with Crippen molar-refractivity contribution in [1.29, 1.82) is 0 Å². The number of imidazole rings is 1. The molecule has 172 valence electrons. The van der Waals surface area contributed by atoms with Gasteiger partial charge in [-0.1, -0.05) is 24.8 Å². The van der Waals surface area contributed by atoms with Crippen LogP contribution in [0, 0.1) is 0 Å². The van der Waals surface area contributed by atoms with Crippen molar-refractivity contribution in [2.24, 2.45) is 4.99 Å². The van der Waals surface area contributed by atoms with E-state index in [1.807, 2.05) is 41.0 Å². The molecule has 34 heavy (non-hydrogen) atoms. The lowest BCUT2D eigenvalue weighted by atomic mass is 10.0. The van der Waals surface area contributed by atoms with Gasteiger partial charge in [0.2, 0.25) is 5.78 Å². The van der Waals surface area contributed by atoms with E-state index in [0.29, 0.717) is 16.9 Å². The summed E-state index contributed by atoms with van der Waals surface area (Å²) in [5, 5.41) is 0.870. The van der Waals surface area contributed by atoms with Crippen molar-refractivity contribution >= 4 is 34.1 Å². The van der Waals surface area contributed by atoms with Crippen LogP contribution >= 0.6 is 0 Å². The molecule has 1 aromatic carbocycles. The monoisotopic (exact) mass is 454 g/mol. The van der Waals surface area contributed by atoms with Gasteiger partial charge < -0.3 is 9.88 Å². The largest absolute Gasteiger partial charge is 0.372 e. The first-order valence-corrected chi connectivity index (χ1v) is 11.4. The number of benzene rings is 1. The van der Waals surface area contributed by atoms with Crippen molar-refractivity contribution in [3.63, 3.8) is 0 Å². The van der Waals surface area contributed by atoms with Gasteiger partial charge in [0, 0.05) is 59.9 Å². The van der Waals surface area contributed by atoms with E-state index >= 15 is 0 Å². The van der Waals surface area contributed by atoms with Crippen LogP contribution in [0.3, 0.4) is 0 Å². The first kappa shape index (κ1) is 21.6. The molecule has 0 aliphatic carbocycles. The Bertz CT molecular complexity index is 1490. The van der Waals surface area contributed by atoms with Crippen LogP contribution in [0.25, 0.3) is 22.1 Å². The number of hydrogen-bond donors (Lipinski definition) is 2. The van der Waals surface area contributed by atoms with Gasteiger partial charge in [-0.25, -0.2) is 9.78 Å². The number of likely N-dealkylation sites (tertiary alicyclic amines) is 1. The van der Waals surface area contributed by atoms with Crippen molar-refractivity contribution in [2.75, 3.05) is 13.1 Å². The van der Waals surface area contributed by atoms with Crippen molar-refractivity contribution in [3.8, 4) is 0 Å². The second-order valence-corrected chi connectivity index (χ2v) is 8.37. The molecule has 0 unspecified atom stereocenters. The molecule has 8 heteroatoms. The van der Waals surface area contributed by atoms with Gasteiger partial charge in [-0.15, -0.1) is 0 Å². The third-order valence-electron chi connectivity index (χ3n) is 6.36. The predicted molar refractivity (Wildman–Crippen MR) is 134 cm³/mol. The summed E-state index contributed by atoms with van der Waals surface area (Å²) in [7, 11) is 0. The van der Waals surface area contributed by atoms with Gasteiger partial charge in [0.05, 0.1) is 5.52 Å². The molecule has 3 aromatic heterocycles. The van der Waals surface area contributed by atoms with Gasteiger partial charge in [0.1, 0.15) is 5.70 Å². The molecule has 0 atom stereocenters. The van der Waals surface area contributed by atoms with E-state index in [1.165, 1.54) is 0 Å². The highest BCUT2D eigenvalue weighted by Crippen LogP contribution is 2.27. The maximum atomic E-state index is 13.3. The van der Waals surface area contributed by atoms with E-state index in [2.05, 4.69) is 31.4 Å². The maximum absolute atomic E-state index is 13.3. The number of Topliss-reactive ketones (excluding diaryl/α,β-unsaturated/α-hetero) is 1. The van der Waals surface area contributed by atoms with Crippen LogP contribution in [0.2, 0.25) is 0 Å². The van der Waals surface area contributed by atoms with E-state index in [-0.39, 0.29) is 17.5 Å². The number of carbonyl (C=O) groups excluding carboxylic acids is 1. The Labute approximate surface area is 196 Å². The Morgan fingerprint density at radius 1 is 1.21 bits per heavy atom. The number of nitrogens with one attached hydrogen (secondary N) is 2. The summed E-state index contributed by atoms with van der Waals surface area (Å²) in [6.07, 6.45) is 8.36. The minimum atomic E-state index is -0.149. The predicted octanol–water partition coefficient (Wildman–Crippen LogP) is 4.21. The first-order valence-electron chi connectivity index (χ1n) is 11.4. The standard InChI is InChI=1S/C26H26N6O2/c1-3-27-22(24(33)20-16-29-21-8-5-4-7-19(20)21)15-17(2)31-13-10-18(11-14-31)32-23-9-6-12-28-25(23)30-26(32)34/h3-9,12,15-16,18,29H,2,10-11,13-14H2,1H3,(H,28,30,34)/b22-15-,27-3-. The quantitative estimate of drug-likeness (QED) is 0.197. The second kappa shape index (κ2) is 8.97. The van der Waals surface area contributed by atoms with Gasteiger partial charge >= 0.3 is 5.69 Å². The van der Waals surface area contributed by atoms with Crippen LogP contribution in [-0.4, -0.2) is 49.5 Å². The lowest BCUT2D eigenvalue weighted by Crippen LogP contribution is -2.36. The highest BCUT2D eigenvalue weighted by atomic mass is 16.1. The Morgan fingerprint density at radius 2 is 2.00 bits per heavy atom. The number of H-pyrrole nitrogens is 2. The Morgan fingerprint density at radius 3 is 2.79 bits per heavy atom. The van der Waals surface area contributed by atoms with Crippen molar-refractivity contribution in [2.45, 2.75) is 25.8 Å². The Hall–Kier alpha value is -4.20. The van der Waals surface area contributed by atoms with Gasteiger partial charge in [-0.3, -0.25) is 19.3 Å². The molecule has 1 saturated heterocycles. The zero-order valence-electron chi connectivity index (χ0n) is 19.0. The third-order valence-corrected chi connectivity index (χ3v) is 6.36. The van der Waals surface area contributed by atoms with Gasteiger partial charge in [0.25, 0.3) is 0 Å². The Balaban J connectivity index is 1.34. The fourth-order valence-corrected chi connectivity index (χ4v) is 4.68. The highest BCUT2D eigenvalue weighted by Gasteiger charge is 2.25. The van der Waals surface area contributed by atoms with Crippen LogP contribution in [0.1, 0.15) is 36.2 Å². The normalized spacial score (nSPS) is 15.6. The van der Waals surface area contributed by atoms with Crippen molar-refractivity contribution in [3.05, 3.63) is 88.9 Å². The number of pyridine rings is 1. The molecule has 1 fully saturated rings. The molecular weight excluding hydrogens is 428 g/mol. The zero-order valence-corrected chi connectivity index (χ0v) is 19.0. The summed E-state index contributed by atoms with van der Waals surface area (Å²) in [5.74, 6) is -0.149. The lowest BCUT2D eigenvalue weighted by molar-refractivity contribution is 0.103. The van der Waals surface area contributed by atoms with Crippen LogP contribution in [0.15, 0.2) is 82.6 Å². The minimum absolute atomic E-state index is 0.0828. The van der Waals surface area contributed by atoms with Gasteiger partial charge in [-0.2, -0.15) is 0 Å². The molecule has 2 N–H and O–H groups in total. The maximum Gasteiger partial charge on any atom is 0.327 e. The number of hydrogen-bond acceptors (Lipinski definition) is 5. The Kier molecular flexibility index (Phi) is 5.71. The molecule has 0 amide bonds. The summed E-state index contributed by atoms with van der Waals surface area (Å²) in [6.45, 7) is 7.45. The molecule has 0 saturated carbocycles. The molecule has 8 nitrogen and oxygen atoms in total. The smallest absolute Gasteiger partial charge is 0.327 e. The topological polar surface area (TPSA) is 99.1 Å². The number of para-hydroxylation sites is 1. The number of aromatic amines is 2. The van der Waals surface area contributed by atoms with Crippen LogP contribution < -0.4 is 5.69 Å². The fourth-order valence-electron chi connectivity index (χ4n) is 4.68. The lowest BCUT2D eigenvalue weighted by Gasteiger charge is -2.34. The molecule has 1 aliphatic rings. The molecular formula is C26H26N6O2. The third kappa shape index (κ3) is 3.87. The van der Waals surface area contributed by atoms with Crippen molar-refractivity contribution in [1.82, 2.24) is 24.4 Å². The molecule has 0 spiro atoms. The number of piperidine rings is 1. The average Bonchev–Trinajstić information content (AvgIpc) is 3.43. The van der Waals surface area contributed by atoms with Crippen LogP contribution in [-0.2, 0) is 0 Å². The fraction of sp³-hybridized carbons (Fsp3) is 0.231. The number of aliphatic imine (C=N–C) groups is 1. The summed E-state index contributed by atoms with van der Waals surface area (Å²) >= 11 is 0. The van der Waals surface area contributed by atoms with Gasteiger partial charge in [-0.05, 0) is 44.0 Å². The van der Waals surface area contributed by atoms with E-state index in [9.17, 15) is 9.59 Å². The number of carbonyl (C=O) groups is 1. The SMILES string of the molecule is C=C(/C=C(\N=C/C)C(=O)c1c[nH]c2ccccc12)N1CCC(n2c(=O)[nH]c3ncccc32)CC1. The average molecular weight is 455 g/mol. The number of fused-ring (bicyclic) bond motifs is 2. The summed E-state index contributed by atoms with van der Waals surface area (Å²) in [6, 6.07) is 11.6. The molecule has 5 rings (SSSR count). The summed E-state index contributed by atoms with van der Waals surface area (Å²) in [5.41, 5.74) is 3.89. The van der Waals surface area contributed by atoms with E-state index in [0.717, 1.165) is 48.0 Å². The molecule has 4 heterocycles. The zero-order chi connectivity index (χ0) is 23.7. The minimum Gasteiger partial charge on any atom is -0.372 e. The van der Waals surface area contributed by atoms with E-state index in [1.54, 1.807) is 31.6 Å². The second-order valence-electron chi connectivity index (χ2n) is 8.37. The summed E-state index contributed by atoms with van der Waals surface area (Å²) in [4.78, 5) is 42.5. The number of aromatic nitrogens is 4. The molecule has 1 aliphatic heterocycles. The number of ketones is 1.